The molecule has 7 heteroatoms. The number of aliphatic hydroxyl groups excluding tert-OH is 1. The second-order valence-corrected chi connectivity index (χ2v) is 10.5. The number of carbonyl (C=O) groups is 2. The average Bonchev–Trinajstić information content (AvgIpc) is 3.31. The molecule has 2 N–H and O–H groups in total. The number of carbonyl (C=O) groups excluding carboxylic acids is 2. The van der Waals surface area contributed by atoms with Crippen molar-refractivity contribution in [1.29, 1.82) is 0 Å². The van der Waals surface area contributed by atoms with Gasteiger partial charge < -0.3 is 10.4 Å². The smallest absolute Gasteiger partial charge is 0.224 e. The van der Waals surface area contributed by atoms with E-state index < -0.39 is 5.41 Å². The molecule has 3 aliphatic carbocycles. The van der Waals surface area contributed by atoms with Crippen molar-refractivity contribution in [1.82, 2.24) is 9.78 Å². The van der Waals surface area contributed by atoms with Crippen LogP contribution in [0.1, 0.15) is 62.5 Å². The Balaban J connectivity index is 1.35. The van der Waals surface area contributed by atoms with Crippen LogP contribution in [0.4, 0.5) is 10.1 Å². The van der Waals surface area contributed by atoms with Crippen molar-refractivity contribution in [2.24, 2.45) is 30.2 Å². The minimum absolute atomic E-state index is 0.0494. The fourth-order valence-electron chi connectivity index (χ4n) is 7.20. The van der Waals surface area contributed by atoms with E-state index in [0.717, 1.165) is 36.7 Å². The Hall–Kier alpha value is -2.96. The lowest BCUT2D eigenvalue weighted by atomic mass is 9.54. The zero-order valence-electron chi connectivity index (χ0n) is 19.8. The summed E-state index contributed by atoms with van der Waals surface area (Å²) < 4.78 is 16.1. The van der Waals surface area contributed by atoms with Crippen molar-refractivity contribution in [2.45, 2.75) is 57.8 Å². The van der Waals surface area contributed by atoms with E-state index in [9.17, 15) is 19.1 Å². The fourth-order valence-corrected chi connectivity index (χ4v) is 7.20. The van der Waals surface area contributed by atoms with Crippen LogP contribution in [0.25, 0.3) is 0 Å². The number of aryl methyl sites for hydroxylation is 1. The van der Waals surface area contributed by atoms with Crippen LogP contribution in [0.2, 0.25) is 0 Å². The molecule has 5 atom stereocenters. The standard InChI is InChI=1S/C27H32FN3O3/c1-27-12-11-18-17-5-3-7-23(28)19(17)9-10-21(18)25(27)20(22(15-32)26(27)34)6-4-8-24(33)30-16-13-29-31(2)14-16/h3,5,7,13-15,18,20-21,25,32H,4,6,8-12H2,1-2H3,(H,30,33)/b22-15-/t18?,20-,21?,25?,27+/m1/s1. The van der Waals surface area contributed by atoms with Crippen LogP contribution in [0, 0.1) is 29.0 Å². The first-order valence-corrected chi connectivity index (χ1v) is 12.3. The Morgan fingerprint density at radius 1 is 1.38 bits per heavy atom. The molecule has 6 nitrogen and oxygen atoms in total. The van der Waals surface area contributed by atoms with Gasteiger partial charge >= 0.3 is 0 Å². The van der Waals surface area contributed by atoms with Gasteiger partial charge in [0.1, 0.15) is 5.82 Å². The molecule has 1 aromatic carbocycles. The molecule has 5 rings (SSSR count). The summed E-state index contributed by atoms with van der Waals surface area (Å²) in [6.07, 6.45) is 9.12. The predicted molar refractivity (Wildman–Crippen MR) is 127 cm³/mol. The van der Waals surface area contributed by atoms with Crippen LogP contribution in [0.15, 0.2) is 42.4 Å². The number of nitrogens with one attached hydrogen (secondary N) is 1. The number of fused-ring (bicyclic) bond motifs is 5. The molecule has 0 radical (unpaired) electrons. The lowest BCUT2D eigenvalue weighted by Gasteiger charge is -2.49. The number of allylic oxidation sites excluding steroid dienone is 1. The number of nitrogens with zero attached hydrogens (tertiary/aromatic N) is 2. The SMILES string of the molecule is Cn1cc(NC(=O)CCC[C@@H]2/C(=C/O)C(=O)[C@@]3(C)CCC4c5cccc(F)c5CCC4C23)cn1. The van der Waals surface area contributed by atoms with Crippen molar-refractivity contribution < 1.29 is 19.1 Å². The van der Waals surface area contributed by atoms with E-state index in [4.69, 9.17) is 0 Å². The van der Waals surface area contributed by atoms with Gasteiger partial charge in [-0.05, 0) is 79.4 Å². The van der Waals surface area contributed by atoms with Gasteiger partial charge in [-0.15, -0.1) is 0 Å². The molecule has 2 fully saturated rings. The molecule has 3 aliphatic rings. The third-order valence-corrected chi connectivity index (χ3v) is 8.63. The van der Waals surface area contributed by atoms with E-state index in [0.29, 0.717) is 36.9 Å². The second kappa shape index (κ2) is 8.67. The zero-order valence-corrected chi connectivity index (χ0v) is 19.8. The van der Waals surface area contributed by atoms with Gasteiger partial charge in [0, 0.05) is 30.7 Å². The highest BCUT2D eigenvalue weighted by molar-refractivity contribution is 6.03. The lowest BCUT2D eigenvalue weighted by Crippen LogP contribution is -2.44. The minimum atomic E-state index is -0.511. The average molecular weight is 466 g/mol. The molecule has 1 amide bonds. The maximum absolute atomic E-state index is 14.5. The second-order valence-electron chi connectivity index (χ2n) is 10.5. The molecule has 2 aromatic rings. The molecule has 2 saturated carbocycles. The quantitative estimate of drug-likeness (QED) is 0.477. The van der Waals surface area contributed by atoms with Gasteiger partial charge in [-0.2, -0.15) is 5.10 Å². The Morgan fingerprint density at radius 3 is 2.94 bits per heavy atom. The molecular weight excluding hydrogens is 433 g/mol. The normalized spacial score (nSPS) is 31.1. The van der Waals surface area contributed by atoms with E-state index >= 15 is 0 Å². The summed E-state index contributed by atoms with van der Waals surface area (Å²) in [5.74, 6) is 0.348. The maximum atomic E-state index is 14.5. The van der Waals surface area contributed by atoms with Gasteiger partial charge in [-0.3, -0.25) is 14.3 Å². The number of aliphatic hydroxyl groups is 1. The van der Waals surface area contributed by atoms with E-state index in [2.05, 4.69) is 23.4 Å². The van der Waals surface area contributed by atoms with E-state index in [-0.39, 0.29) is 41.2 Å². The Morgan fingerprint density at radius 2 is 2.21 bits per heavy atom. The zero-order chi connectivity index (χ0) is 24.0. The molecule has 3 unspecified atom stereocenters. The Bertz CT molecular complexity index is 1160. The van der Waals surface area contributed by atoms with Gasteiger partial charge in [-0.25, -0.2) is 4.39 Å². The number of amides is 1. The first-order valence-electron chi connectivity index (χ1n) is 12.3. The highest BCUT2D eigenvalue weighted by Gasteiger charge is 2.60. The van der Waals surface area contributed by atoms with Crippen molar-refractivity contribution in [3.8, 4) is 0 Å². The highest BCUT2D eigenvalue weighted by atomic mass is 19.1. The molecule has 1 aromatic heterocycles. The summed E-state index contributed by atoms with van der Waals surface area (Å²) in [7, 11) is 1.79. The maximum Gasteiger partial charge on any atom is 0.224 e. The van der Waals surface area contributed by atoms with Gasteiger partial charge in [0.05, 0.1) is 18.1 Å². The number of benzene rings is 1. The molecule has 1 heterocycles. The first-order chi connectivity index (χ1) is 16.3. The largest absolute Gasteiger partial charge is 0.515 e. The minimum Gasteiger partial charge on any atom is -0.515 e. The summed E-state index contributed by atoms with van der Waals surface area (Å²) in [5, 5.41) is 17.0. The topological polar surface area (TPSA) is 84.2 Å². The number of hydrogen-bond donors (Lipinski definition) is 2. The molecule has 0 spiro atoms. The van der Waals surface area contributed by atoms with Crippen LogP contribution >= 0.6 is 0 Å². The van der Waals surface area contributed by atoms with E-state index in [1.807, 2.05) is 0 Å². The summed E-state index contributed by atoms with van der Waals surface area (Å²) in [6, 6.07) is 5.38. The van der Waals surface area contributed by atoms with Crippen molar-refractivity contribution in [2.75, 3.05) is 5.32 Å². The van der Waals surface area contributed by atoms with Crippen LogP contribution in [-0.2, 0) is 23.1 Å². The number of rotatable bonds is 5. The van der Waals surface area contributed by atoms with Crippen molar-refractivity contribution in [3.63, 3.8) is 0 Å². The number of halogens is 1. The van der Waals surface area contributed by atoms with Crippen LogP contribution < -0.4 is 5.32 Å². The highest BCUT2D eigenvalue weighted by Crippen LogP contribution is 2.63. The number of ketones is 1. The molecule has 0 aliphatic heterocycles. The third kappa shape index (κ3) is 3.65. The van der Waals surface area contributed by atoms with Gasteiger partial charge in [0.25, 0.3) is 0 Å². The third-order valence-electron chi connectivity index (χ3n) is 8.63. The van der Waals surface area contributed by atoms with Crippen LogP contribution in [0.5, 0.6) is 0 Å². The molecule has 34 heavy (non-hydrogen) atoms. The van der Waals surface area contributed by atoms with E-state index in [1.165, 1.54) is 6.07 Å². The monoisotopic (exact) mass is 465 g/mol. The molecular formula is C27H32FN3O3. The Labute approximate surface area is 199 Å². The Kier molecular flexibility index (Phi) is 5.82. The van der Waals surface area contributed by atoms with Gasteiger partial charge in [-0.1, -0.05) is 19.1 Å². The number of anilines is 1. The fraction of sp³-hybridized carbons (Fsp3) is 0.519. The predicted octanol–water partition coefficient (Wildman–Crippen LogP) is 5.07. The molecule has 0 saturated heterocycles. The van der Waals surface area contributed by atoms with Crippen LogP contribution in [-0.4, -0.2) is 26.6 Å². The number of Topliss-reactive ketones (excluding diaryl/α,β-unsaturated/α-hetero) is 1. The van der Waals surface area contributed by atoms with Gasteiger partial charge in [0.2, 0.25) is 5.91 Å². The summed E-state index contributed by atoms with van der Waals surface area (Å²) in [6.45, 7) is 2.05. The van der Waals surface area contributed by atoms with E-state index in [1.54, 1.807) is 30.2 Å². The van der Waals surface area contributed by atoms with Crippen LogP contribution in [0.3, 0.4) is 0 Å². The first kappa shape index (κ1) is 22.8. The number of aromatic nitrogens is 2. The number of hydrogen-bond acceptors (Lipinski definition) is 4. The summed E-state index contributed by atoms with van der Waals surface area (Å²) in [5.41, 5.74) is 2.59. The summed E-state index contributed by atoms with van der Waals surface area (Å²) in [4.78, 5) is 25.9. The summed E-state index contributed by atoms with van der Waals surface area (Å²) >= 11 is 0. The molecule has 180 valence electrons. The van der Waals surface area contributed by atoms with Crippen molar-refractivity contribution >= 4 is 17.4 Å². The van der Waals surface area contributed by atoms with Gasteiger partial charge in [0.15, 0.2) is 5.78 Å². The molecule has 0 bridgehead atoms. The lowest BCUT2D eigenvalue weighted by molar-refractivity contribution is -0.127. The van der Waals surface area contributed by atoms with Crippen molar-refractivity contribution in [3.05, 3.63) is 59.4 Å².